The molecule has 1 aliphatic rings. The lowest BCUT2D eigenvalue weighted by atomic mass is 10.0. The van der Waals surface area contributed by atoms with Crippen LogP contribution in [0.2, 0.25) is 12.1 Å². The van der Waals surface area contributed by atoms with Crippen molar-refractivity contribution < 1.29 is 4.43 Å². The number of benzene rings is 1. The van der Waals surface area contributed by atoms with Gasteiger partial charge < -0.3 is 4.43 Å². The summed E-state index contributed by atoms with van der Waals surface area (Å²) in [6.07, 6.45) is 2.73. The fourth-order valence-corrected chi connectivity index (χ4v) is 7.41. The monoisotopic (exact) mass is 274 g/mol. The zero-order valence-electron chi connectivity index (χ0n) is 12.7. The van der Waals surface area contributed by atoms with Gasteiger partial charge in [-0.2, -0.15) is 0 Å². The molecule has 0 aromatic heterocycles. The third-order valence-electron chi connectivity index (χ3n) is 4.46. The van der Waals surface area contributed by atoms with E-state index in [9.17, 15) is 0 Å². The molecule has 0 spiro atoms. The third-order valence-corrected chi connectivity index (χ3v) is 9.07. The van der Waals surface area contributed by atoms with Crippen LogP contribution in [0.25, 0.3) is 5.20 Å². The van der Waals surface area contributed by atoms with Gasteiger partial charge in [-0.15, -0.1) is 0 Å². The molecule has 2 heteroatoms. The van der Waals surface area contributed by atoms with Crippen LogP contribution in [0.5, 0.6) is 0 Å². The minimum atomic E-state index is -1.73. The van der Waals surface area contributed by atoms with E-state index < -0.39 is 8.32 Å². The van der Waals surface area contributed by atoms with E-state index in [0.29, 0.717) is 6.10 Å². The maximum Gasteiger partial charge on any atom is 0.225 e. The predicted octanol–water partition coefficient (Wildman–Crippen LogP) is 5.18. The average Bonchev–Trinajstić information content (AvgIpc) is 2.74. The number of hydrogen-bond acceptors (Lipinski definition) is 1. The molecule has 1 aromatic rings. The van der Waals surface area contributed by atoms with Crippen molar-refractivity contribution in [2.45, 2.75) is 58.7 Å². The summed E-state index contributed by atoms with van der Waals surface area (Å²) in [4.78, 5) is 0. The fraction of sp³-hybridized carbons (Fsp3) is 0.529. The second-order valence-corrected chi connectivity index (χ2v) is 9.66. The molecule has 0 radical (unpaired) electrons. The van der Waals surface area contributed by atoms with Crippen LogP contribution < -0.4 is 0 Å². The van der Waals surface area contributed by atoms with Crippen LogP contribution in [0, 0.1) is 0 Å². The average molecular weight is 274 g/mol. The first kappa shape index (κ1) is 14.5. The molecule has 0 bridgehead atoms. The Morgan fingerprint density at radius 1 is 1.05 bits per heavy atom. The molecular weight excluding hydrogens is 248 g/mol. The first-order valence-corrected chi connectivity index (χ1v) is 9.95. The van der Waals surface area contributed by atoms with Crippen LogP contribution in [0.1, 0.15) is 46.1 Å². The molecule has 0 aliphatic carbocycles. The van der Waals surface area contributed by atoms with E-state index in [-0.39, 0.29) is 0 Å². The smallest absolute Gasteiger partial charge is 0.225 e. The standard InChI is InChI=1S/C17H26OSi/c1-5-11-16-14(4)17(15-12-9-8-10-13-15)19(6-2,7-3)18-16/h8-10,12-13,16H,5-7,11H2,1-4H3. The van der Waals surface area contributed by atoms with Crippen molar-refractivity contribution in [1.82, 2.24) is 0 Å². The summed E-state index contributed by atoms with van der Waals surface area (Å²) in [6, 6.07) is 13.3. The maximum atomic E-state index is 6.63. The maximum absolute atomic E-state index is 6.63. The lowest BCUT2D eigenvalue weighted by Gasteiger charge is -2.28. The Hall–Kier alpha value is -0.863. The van der Waals surface area contributed by atoms with E-state index >= 15 is 0 Å². The Morgan fingerprint density at radius 3 is 2.21 bits per heavy atom. The van der Waals surface area contributed by atoms with Crippen molar-refractivity contribution in [1.29, 1.82) is 0 Å². The van der Waals surface area contributed by atoms with Gasteiger partial charge in [0.25, 0.3) is 0 Å². The normalized spacial score (nSPS) is 22.0. The highest BCUT2D eigenvalue weighted by atomic mass is 28.4. The molecule has 1 heterocycles. The topological polar surface area (TPSA) is 9.23 Å². The molecule has 19 heavy (non-hydrogen) atoms. The van der Waals surface area contributed by atoms with E-state index in [1.807, 2.05) is 0 Å². The Balaban J connectivity index is 2.49. The van der Waals surface area contributed by atoms with Crippen molar-refractivity contribution in [2.75, 3.05) is 0 Å². The van der Waals surface area contributed by atoms with Gasteiger partial charge in [0, 0.05) is 0 Å². The first-order chi connectivity index (χ1) is 9.18. The summed E-state index contributed by atoms with van der Waals surface area (Å²) in [7, 11) is -1.73. The summed E-state index contributed by atoms with van der Waals surface area (Å²) in [5, 5.41) is 1.58. The van der Waals surface area contributed by atoms with Crippen LogP contribution in [0.3, 0.4) is 0 Å². The van der Waals surface area contributed by atoms with Crippen LogP contribution in [0.4, 0.5) is 0 Å². The van der Waals surface area contributed by atoms with Crippen LogP contribution >= 0.6 is 0 Å². The highest BCUT2D eigenvalue weighted by Gasteiger charge is 2.45. The van der Waals surface area contributed by atoms with E-state index in [1.54, 1.807) is 5.20 Å². The molecule has 0 saturated heterocycles. The Kier molecular flexibility index (Phi) is 4.64. The summed E-state index contributed by atoms with van der Waals surface area (Å²) in [5.41, 5.74) is 2.90. The molecule has 1 aromatic carbocycles. The van der Waals surface area contributed by atoms with Gasteiger partial charge in [-0.3, -0.25) is 0 Å². The summed E-state index contributed by atoms with van der Waals surface area (Å²) >= 11 is 0. The quantitative estimate of drug-likeness (QED) is 0.672. The van der Waals surface area contributed by atoms with Crippen LogP contribution in [0.15, 0.2) is 35.9 Å². The molecule has 0 saturated carbocycles. The predicted molar refractivity (Wildman–Crippen MR) is 85.5 cm³/mol. The van der Waals surface area contributed by atoms with E-state index in [1.165, 1.54) is 29.6 Å². The SMILES string of the molecule is CCCC1O[Si](CC)(CC)C(c2ccccc2)=C1C. The lowest BCUT2D eigenvalue weighted by molar-refractivity contribution is 0.229. The van der Waals surface area contributed by atoms with Crippen molar-refractivity contribution in [3.63, 3.8) is 0 Å². The van der Waals surface area contributed by atoms with Gasteiger partial charge in [-0.1, -0.05) is 57.5 Å². The van der Waals surface area contributed by atoms with Crippen molar-refractivity contribution in [3.05, 3.63) is 41.5 Å². The van der Waals surface area contributed by atoms with Gasteiger partial charge in [0.15, 0.2) is 0 Å². The third kappa shape index (κ3) is 2.56. The summed E-state index contributed by atoms with van der Waals surface area (Å²) in [6.45, 7) is 9.15. The number of rotatable bonds is 5. The van der Waals surface area contributed by atoms with Gasteiger partial charge in [0.05, 0.1) is 6.10 Å². The Labute approximate surface area is 118 Å². The lowest BCUT2D eigenvalue weighted by Crippen LogP contribution is -2.36. The summed E-state index contributed by atoms with van der Waals surface area (Å²) < 4.78 is 6.63. The van der Waals surface area contributed by atoms with Crippen molar-refractivity contribution >= 4 is 13.5 Å². The molecule has 0 amide bonds. The molecular formula is C17H26OSi. The zero-order valence-corrected chi connectivity index (χ0v) is 13.7. The molecule has 1 unspecified atom stereocenters. The van der Waals surface area contributed by atoms with E-state index in [0.717, 1.165) is 6.42 Å². The second-order valence-electron chi connectivity index (χ2n) is 5.52. The van der Waals surface area contributed by atoms with Crippen LogP contribution in [-0.4, -0.2) is 14.4 Å². The molecule has 1 nitrogen and oxygen atoms in total. The minimum absolute atomic E-state index is 0.367. The molecule has 0 fully saturated rings. The summed E-state index contributed by atoms with van der Waals surface area (Å²) in [5.74, 6) is 0. The van der Waals surface area contributed by atoms with Crippen LogP contribution in [-0.2, 0) is 4.43 Å². The van der Waals surface area contributed by atoms with E-state index in [2.05, 4.69) is 58.0 Å². The van der Waals surface area contributed by atoms with Gasteiger partial charge in [0.1, 0.15) is 0 Å². The van der Waals surface area contributed by atoms with Gasteiger partial charge in [-0.05, 0) is 41.8 Å². The number of hydrogen-bond donors (Lipinski definition) is 0. The molecule has 0 N–H and O–H groups in total. The fourth-order valence-electron chi connectivity index (χ4n) is 3.34. The van der Waals surface area contributed by atoms with Gasteiger partial charge >= 0.3 is 0 Å². The van der Waals surface area contributed by atoms with E-state index in [4.69, 9.17) is 4.43 Å². The molecule has 1 aliphatic heterocycles. The first-order valence-electron chi connectivity index (χ1n) is 7.63. The van der Waals surface area contributed by atoms with Crippen molar-refractivity contribution in [3.8, 4) is 0 Å². The van der Waals surface area contributed by atoms with Gasteiger partial charge in [-0.25, -0.2) is 0 Å². The minimum Gasteiger partial charge on any atom is -0.406 e. The molecule has 2 rings (SSSR count). The highest BCUT2D eigenvalue weighted by molar-refractivity contribution is 6.92. The van der Waals surface area contributed by atoms with Gasteiger partial charge in [0.2, 0.25) is 8.32 Å². The zero-order chi connectivity index (χ0) is 13.9. The second kappa shape index (κ2) is 6.06. The van der Waals surface area contributed by atoms with Crippen molar-refractivity contribution in [2.24, 2.45) is 0 Å². The molecule has 1 atom stereocenters. The highest BCUT2D eigenvalue weighted by Crippen LogP contribution is 2.44. The Bertz CT molecular complexity index is 446. The molecule has 104 valence electrons. The Morgan fingerprint density at radius 2 is 1.68 bits per heavy atom. The largest absolute Gasteiger partial charge is 0.406 e.